The fourth-order valence-electron chi connectivity index (χ4n) is 2.88. The van der Waals surface area contributed by atoms with E-state index >= 15 is 0 Å². The molecule has 2 heterocycles. The second-order valence-electron chi connectivity index (χ2n) is 5.85. The molecule has 0 bridgehead atoms. The molecule has 0 unspecified atom stereocenters. The summed E-state index contributed by atoms with van der Waals surface area (Å²) in [5.41, 5.74) is 6.45. The molecule has 1 aliphatic carbocycles. The molecule has 1 aromatic rings. The fourth-order valence-corrected chi connectivity index (χ4v) is 3.58. The van der Waals surface area contributed by atoms with Crippen LogP contribution in [0.15, 0.2) is 5.38 Å². The quantitative estimate of drug-likeness (QED) is 0.832. The van der Waals surface area contributed by atoms with E-state index in [2.05, 4.69) is 15.2 Å². The molecule has 0 spiro atoms. The van der Waals surface area contributed by atoms with Gasteiger partial charge in [-0.3, -0.25) is 9.69 Å². The summed E-state index contributed by atoms with van der Waals surface area (Å²) in [5.74, 6) is -0.0905. The number of amides is 1. The van der Waals surface area contributed by atoms with Gasteiger partial charge in [-0.25, -0.2) is 4.98 Å². The summed E-state index contributed by atoms with van der Waals surface area (Å²) in [6, 6.07) is 0. The third-order valence-corrected chi connectivity index (χ3v) is 5.02. The Hall–Kier alpha value is -0.440. The highest BCUT2D eigenvalue weighted by Crippen LogP contribution is 2.29. The van der Waals surface area contributed by atoms with E-state index in [1.165, 1.54) is 11.3 Å². The first-order valence-corrected chi connectivity index (χ1v) is 8.38. The summed E-state index contributed by atoms with van der Waals surface area (Å²) in [6.07, 6.45) is 3.60. The van der Waals surface area contributed by atoms with Crippen molar-refractivity contribution in [2.24, 2.45) is 5.73 Å². The molecule has 9 heteroatoms. The normalized spacial score (nSPS) is 20.4. The molecular weight excluding hydrogens is 359 g/mol. The van der Waals surface area contributed by atoms with Crippen LogP contribution in [0.2, 0.25) is 0 Å². The lowest BCUT2D eigenvalue weighted by atomic mass is 9.98. The van der Waals surface area contributed by atoms with Gasteiger partial charge in [0.05, 0.1) is 24.4 Å². The predicted molar refractivity (Wildman–Crippen MR) is 96.7 cm³/mol. The summed E-state index contributed by atoms with van der Waals surface area (Å²) >= 11 is 1.47. The van der Waals surface area contributed by atoms with E-state index in [4.69, 9.17) is 10.5 Å². The summed E-state index contributed by atoms with van der Waals surface area (Å²) in [6.45, 7) is 4.24. The second-order valence-corrected chi connectivity index (χ2v) is 6.71. The minimum absolute atomic E-state index is 0. The Balaban J connectivity index is 0.00000132. The van der Waals surface area contributed by atoms with Crippen LogP contribution in [0.1, 0.15) is 31.4 Å². The van der Waals surface area contributed by atoms with E-state index in [0.717, 1.165) is 64.2 Å². The van der Waals surface area contributed by atoms with Crippen molar-refractivity contribution in [3.63, 3.8) is 0 Å². The van der Waals surface area contributed by atoms with Gasteiger partial charge in [0.15, 0.2) is 5.13 Å². The van der Waals surface area contributed by atoms with Gasteiger partial charge in [-0.1, -0.05) is 12.8 Å². The van der Waals surface area contributed by atoms with E-state index < -0.39 is 5.54 Å². The highest BCUT2D eigenvalue weighted by atomic mass is 35.5. The highest BCUT2D eigenvalue weighted by Gasteiger charge is 2.37. The minimum atomic E-state index is -0.698. The van der Waals surface area contributed by atoms with Crippen LogP contribution in [0, 0.1) is 0 Å². The van der Waals surface area contributed by atoms with E-state index in [1.54, 1.807) is 0 Å². The lowest BCUT2D eigenvalue weighted by Crippen LogP contribution is -2.48. The number of rotatable bonds is 4. The van der Waals surface area contributed by atoms with Gasteiger partial charge in [0.1, 0.15) is 0 Å². The van der Waals surface area contributed by atoms with Gasteiger partial charge in [0, 0.05) is 25.0 Å². The van der Waals surface area contributed by atoms with Crippen LogP contribution in [0.4, 0.5) is 5.13 Å². The molecule has 132 valence electrons. The lowest BCUT2D eigenvalue weighted by Gasteiger charge is -2.25. The molecule has 1 saturated carbocycles. The van der Waals surface area contributed by atoms with Crippen LogP contribution < -0.4 is 11.1 Å². The maximum absolute atomic E-state index is 12.2. The fraction of sp³-hybridized carbons (Fsp3) is 0.714. The molecule has 3 N–H and O–H groups in total. The molecule has 2 fully saturated rings. The summed E-state index contributed by atoms with van der Waals surface area (Å²) in [5, 5.41) is 5.54. The SMILES string of the molecule is Cl.Cl.NC1(C(=O)Nc2nc(CN3CCOCC3)cs2)CCCC1. The average molecular weight is 383 g/mol. The standard InChI is InChI=1S/C14H22N4O2S.2ClH/c15-14(3-1-2-4-14)12(19)17-13-16-11(10-21-13)9-18-5-7-20-8-6-18;;/h10H,1-9,15H2,(H,16,17,19);2*1H. The van der Waals surface area contributed by atoms with Crippen molar-refractivity contribution >= 4 is 47.2 Å². The van der Waals surface area contributed by atoms with Gasteiger partial charge in [0.25, 0.3) is 0 Å². The van der Waals surface area contributed by atoms with Crippen molar-refractivity contribution in [3.05, 3.63) is 11.1 Å². The zero-order valence-electron chi connectivity index (χ0n) is 13.0. The topological polar surface area (TPSA) is 80.5 Å². The van der Waals surface area contributed by atoms with Crippen molar-refractivity contribution in [3.8, 4) is 0 Å². The molecule has 3 rings (SSSR count). The lowest BCUT2D eigenvalue weighted by molar-refractivity contribution is -0.121. The van der Waals surface area contributed by atoms with Crippen molar-refractivity contribution in [2.75, 3.05) is 31.6 Å². The van der Waals surface area contributed by atoms with E-state index in [1.807, 2.05) is 5.38 Å². The molecule has 23 heavy (non-hydrogen) atoms. The number of nitrogens with two attached hydrogens (primary N) is 1. The first kappa shape index (κ1) is 20.6. The van der Waals surface area contributed by atoms with Gasteiger partial charge >= 0.3 is 0 Å². The Bertz CT molecular complexity index is 503. The summed E-state index contributed by atoms with van der Waals surface area (Å²) in [4.78, 5) is 19.0. The van der Waals surface area contributed by atoms with E-state index in [0.29, 0.717) is 5.13 Å². The van der Waals surface area contributed by atoms with Gasteiger partial charge in [-0.2, -0.15) is 0 Å². The molecular formula is C14H24Cl2N4O2S. The zero-order chi connectivity index (χ0) is 14.7. The molecule has 0 aromatic carbocycles. The van der Waals surface area contributed by atoms with Crippen molar-refractivity contribution < 1.29 is 9.53 Å². The maximum atomic E-state index is 12.2. The Labute approximate surface area is 153 Å². The number of nitrogens with zero attached hydrogens (tertiary/aromatic N) is 2. The first-order valence-electron chi connectivity index (χ1n) is 7.51. The van der Waals surface area contributed by atoms with Crippen LogP contribution in [0.25, 0.3) is 0 Å². The number of ether oxygens (including phenoxy) is 1. The van der Waals surface area contributed by atoms with Gasteiger partial charge in [-0.15, -0.1) is 36.2 Å². The molecule has 1 aliphatic heterocycles. The number of thiazole rings is 1. The summed E-state index contributed by atoms with van der Waals surface area (Å²) < 4.78 is 5.33. The maximum Gasteiger partial charge on any atom is 0.246 e. The zero-order valence-corrected chi connectivity index (χ0v) is 15.4. The molecule has 0 atom stereocenters. The largest absolute Gasteiger partial charge is 0.379 e. The minimum Gasteiger partial charge on any atom is -0.379 e. The number of hydrogen-bond acceptors (Lipinski definition) is 6. The number of anilines is 1. The van der Waals surface area contributed by atoms with Crippen molar-refractivity contribution in [1.82, 2.24) is 9.88 Å². The van der Waals surface area contributed by atoms with Crippen LogP contribution in [-0.4, -0.2) is 47.6 Å². The first-order chi connectivity index (χ1) is 10.2. The Morgan fingerprint density at radius 1 is 1.35 bits per heavy atom. The highest BCUT2D eigenvalue weighted by molar-refractivity contribution is 7.13. The molecule has 1 amide bonds. The number of aromatic nitrogens is 1. The van der Waals surface area contributed by atoms with Crippen LogP contribution in [0.5, 0.6) is 0 Å². The number of morpholine rings is 1. The third-order valence-electron chi connectivity index (χ3n) is 4.21. The molecule has 0 radical (unpaired) electrons. The second kappa shape index (κ2) is 9.15. The van der Waals surface area contributed by atoms with E-state index in [-0.39, 0.29) is 30.7 Å². The van der Waals surface area contributed by atoms with Crippen molar-refractivity contribution in [1.29, 1.82) is 0 Å². The van der Waals surface area contributed by atoms with Crippen LogP contribution >= 0.6 is 36.2 Å². The monoisotopic (exact) mass is 382 g/mol. The van der Waals surface area contributed by atoms with Crippen LogP contribution in [0.3, 0.4) is 0 Å². The van der Waals surface area contributed by atoms with Crippen molar-refractivity contribution in [2.45, 2.75) is 37.8 Å². The molecule has 2 aliphatic rings. The number of nitrogens with one attached hydrogen (secondary N) is 1. The third kappa shape index (κ3) is 5.27. The molecule has 1 saturated heterocycles. The van der Waals surface area contributed by atoms with E-state index in [9.17, 15) is 4.79 Å². The number of carbonyl (C=O) groups excluding carboxylic acids is 1. The Morgan fingerprint density at radius 3 is 2.65 bits per heavy atom. The molecule has 6 nitrogen and oxygen atoms in total. The van der Waals surface area contributed by atoms with Gasteiger partial charge in [0.2, 0.25) is 5.91 Å². The molecule has 1 aromatic heterocycles. The predicted octanol–water partition coefficient (Wildman–Crippen LogP) is 2.03. The smallest absolute Gasteiger partial charge is 0.246 e. The number of carbonyl (C=O) groups is 1. The average Bonchev–Trinajstić information content (AvgIpc) is 3.10. The Morgan fingerprint density at radius 2 is 2.00 bits per heavy atom. The number of hydrogen-bond donors (Lipinski definition) is 2. The van der Waals surface area contributed by atoms with Gasteiger partial charge in [-0.05, 0) is 12.8 Å². The Kier molecular flexibility index (Phi) is 8.20. The summed E-state index contributed by atoms with van der Waals surface area (Å²) in [7, 11) is 0. The van der Waals surface area contributed by atoms with Gasteiger partial charge < -0.3 is 15.8 Å². The van der Waals surface area contributed by atoms with Crippen LogP contribution in [-0.2, 0) is 16.1 Å². The number of halogens is 2.